The molecule has 1 saturated heterocycles. The first-order valence-corrected chi connectivity index (χ1v) is 14.8. The summed E-state index contributed by atoms with van der Waals surface area (Å²) in [6.07, 6.45) is 7.96. The van der Waals surface area contributed by atoms with Crippen molar-refractivity contribution in [2.75, 3.05) is 38.0 Å². The predicted octanol–water partition coefficient (Wildman–Crippen LogP) is 3.00. The van der Waals surface area contributed by atoms with Crippen LogP contribution in [0.3, 0.4) is 0 Å². The van der Waals surface area contributed by atoms with E-state index in [1.165, 1.54) is 17.5 Å². The number of carbonyl (C=O) groups excluding carboxylic acids is 2. The van der Waals surface area contributed by atoms with Gasteiger partial charge in [0, 0.05) is 63.5 Å². The molecule has 5 rings (SSSR count). The average Bonchev–Trinajstić information content (AvgIpc) is 3.53. The van der Waals surface area contributed by atoms with Gasteiger partial charge in [0.25, 0.3) is 5.91 Å². The second-order valence-corrected chi connectivity index (χ2v) is 11.0. The number of piperidine rings is 1. The van der Waals surface area contributed by atoms with Gasteiger partial charge in [-0.3, -0.25) is 14.5 Å². The maximum Gasteiger partial charge on any atom is 0.251 e. The number of benzene rings is 1. The normalized spacial score (nSPS) is 16.5. The lowest BCUT2D eigenvalue weighted by Gasteiger charge is -2.32. The van der Waals surface area contributed by atoms with E-state index in [4.69, 9.17) is 9.15 Å². The molecule has 2 aliphatic rings. The summed E-state index contributed by atoms with van der Waals surface area (Å²) < 4.78 is 11.0. The number of nitrogens with one attached hydrogen (secondary N) is 2. The Bertz CT molecular complexity index is 1330. The van der Waals surface area contributed by atoms with E-state index in [9.17, 15) is 14.7 Å². The van der Waals surface area contributed by atoms with Crippen molar-refractivity contribution in [3.63, 3.8) is 0 Å². The number of nitrogens with zero attached hydrogens (tertiary/aromatic N) is 4. The Kier molecular flexibility index (Phi) is 10.0. The Morgan fingerprint density at radius 1 is 1.17 bits per heavy atom. The fraction of sp³-hybridized carbons (Fsp3) is 0.484. The molecule has 2 amide bonds. The van der Waals surface area contributed by atoms with E-state index in [1.807, 2.05) is 17.9 Å². The molecular weight excluding hydrogens is 536 g/mol. The Morgan fingerprint density at radius 2 is 2.02 bits per heavy atom. The monoisotopic (exact) mass is 576 g/mol. The van der Waals surface area contributed by atoms with Crippen LogP contribution in [0.1, 0.15) is 59.9 Å². The Balaban J connectivity index is 1.04. The van der Waals surface area contributed by atoms with Crippen molar-refractivity contribution in [2.24, 2.45) is 0 Å². The molecule has 0 unspecified atom stereocenters. The van der Waals surface area contributed by atoms with Crippen LogP contribution in [0.4, 0.5) is 5.82 Å². The van der Waals surface area contributed by atoms with Crippen molar-refractivity contribution in [1.29, 1.82) is 0 Å². The molecule has 2 aromatic heterocycles. The van der Waals surface area contributed by atoms with Gasteiger partial charge in [-0.2, -0.15) is 0 Å². The van der Waals surface area contributed by atoms with Crippen LogP contribution in [-0.2, 0) is 24.4 Å². The van der Waals surface area contributed by atoms with E-state index in [0.29, 0.717) is 36.7 Å². The van der Waals surface area contributed by atoms with Crippen LogP contribution in [0.5, 0.6) is 5.75 Å². The van der Waals surface area contributed by atoms with E-state index in [-0.39, 0.29) is 24.4 Å². The minimum Gasteiger partial charge on any atom is -0.486 e. The number of carbonyl (C=O) groups is 2. The molecule has 3 aromatic rings. The quantitative estimate of drug-likeness (QED) is 0.298. The molecule has 1 fully saturated rings. The largest absolute Gasteiger partial charge is 0.486 e. The van der Waals surface area contributed by atoms with Gasteiger partial charge in [-0.25, -0.2) is 9.97 Å². The third kappa shape index (κ3) is 8.07. The van der Waals surface area contributed by atoms with Gasteiger partial charge < -0.3 is 29.8 Å². The van der Waals surface area contributed by atoms with E-state index in [0.717, 1.165) is 57.6 Å². The number of rotatable bonds is 12. The van der Waals surface area contributed by atoms with Gasteiger partial charge in [0.05, 0.1) is 12.3 Å². The zero-order chi connectivity index (χ0) is 29.3. The first kappa shape index (κ1) is 29.5. The summed E-state index contributed by atoms with van der Waals surface area (Å²) >= 11 is 0. The molecule has 224 valence electrons. The number of oxazole rings is 1. The smallest absolute Gasteiger partial charge is 0.251 e. The van der Waals surface area contributed by atoms with Crippen molar-refractivity contribution >= 4 is 17.6 Å². The maximum atomic E-state index is 12.8. The van der Waals surface area contributed by atoms with E-state index in [2.05, 4.69) is 37.6 Å². The van der Waals surface area contributed by atoms with Crippen LogP contribution in [0.15, 0.2) is 53.5 Å². The van der Waals surface area contributed by atoms with Crippen molar-refractivity contribution in [2.45, 2.75) is 64.3 Å². The molecule has 2 aliphatic heterocycles. The summed E-state index contributed by atoms with van der Waals surface area (Å²) in [5, 5.41) is 16.9. The minimum absolute atomic E-state index is 0.159. The third-order valence-electron chi connectivity index (χ3n) is 7.79. The Hall–Kier alpha value is -3.96. The molecule has 42 heavy (non-hydrogen) atoms. The number of β-amino-alcohol motifs (C(OH)–C–C–N with tert-alkyl or cyclic N) is 1. The lowest BCUT2D eigenvalue weighted by Crippen LogP contribution is -2.42. The fourth-order valence-corrected chi connectivity index (χ4v) is 5.48. The highest BCUT2D eigenvalue weighted by Gasteiger charge is 2.23. The molecule has 1 atom stereocenters. The summed E-state index contributed by atoms with van der Waals surface area (Å²) in [6.45, 7) is 5.99. The van der Waals surface area contributed by atoms with Crippen molar-refractivity contribution in [3.05, 3.63) is 71.6 Å². The second kappa shape index (κ2) is 14.3. The summed E-state index contributed by atoms with van der Waals surface area (Å²) in [4.78, 5) is 37.4. The molecule has 0 bridgehead atoms. The van der Waals surface area contributed by atoms with Crippen molar-refractivity contribution < 1.29 is 23.8 Å². The summed E-state index contributed by atoms with van der Waals surface area (Å²) in [5.74, 6) is 2.08. The molecule has 0 aliphatic carbocycles. The van der Waals surface area contributed by atoms with E-state index >= 15 is 0 Å². The zero-order valence-corrected chi connectivity index (χ0v) is 24.1. The highest BCUT2D eigenvalue weighted by Crippen LogP contribution is 2.25. The van der Waals surface area contributed by atoms with Gasteiger partial charge in [-0.15, -0.1) is 0 Å². The maximum absolute atomic E-state index is 12.8. The number of likely N-dealkylation sites (tertiary alicyclic amines) is 1. The van der Waals surface area contributed by atoms with Gasteiger partial charge in [-0.1, -0.05) is 13.0 Å². The van der Waals surface area contributed by atoms with Crippen molar-refractivity contribution in [1.82, 2.24) is 25.1 Å². The van der Waals surface area contributed by atoms with E-state index in [1.54, 1.807) is 24.5 Å². The summed E-state index contributed by atoms with van der Waals surface area (Å²) in [6, 6.07) is 9.69. The molecule has 3 N–H and O–H groups in total. The molecule has 11 heteroatoms. The van der Waals surface area contributed by atoms with Gasteiger partial charge in [0.2, 0.25) is 5.91 Å². The average molecular weight is 577 g/mol. The number of aromatic nitrogens is 2. The number of hydrogen-bond acceptors (Lipinski definition) is 9. The first-order valence-electron chi connectivity index (χ1n) is 14.8. The zero-order valence-electron chi connectivity index (χ0n) is 24.1. The molecule has 0 radical (unpaired) electrons. The first-order chi connectivity index (χ1) is 20.5. The van der Waals surface area contributed by atoms with Gasteiger partial charge in [0.1, 0.15) is 18.2 Å². The van der Waals surface area contributed by atoms with Crippen LogP contribution in [0.2, 0.25) is 0 Å². The van der Waals surface area contributed by atoms with Crippen molar-refractivity contribution in [3.8, 4) is 5.75 Å². The number of pyridine rings is 1. The third-order valence-corrected chi connectivity index (χ3v) is 7.79. The number of fused-ring (bicyclic) bond motifs is 1. The SMILES string of the molecule is CCCC(=O)N1CCC(Nc2cc(C(=O)NC[C@H](O)CN3CCc4cc(OCc5cnco5)ccc4C3)ccn2)CC1. The topological polar surface area (TPSA) is 133 Å². The second-order valence-electron chi connectivity index (χ2n) is 11.0. The van der Waals surface area contributed by atoms with Gasteiger partial charge in [-0.05, 0) is 61.1 Å². The lowest BCUT2D eigenvalue weighted by molar-refractivity contribution is -0.132. The van der Waals surface area contributed by atoms with Gasteiger partial charge >= 0.3 is 0 Å². The number of aliphatic hydroxyl groups excluding tert-OH is 1. The fourth-order valence-electron chi connectivity index (χ4n) is 5.48. The Labute approximate surface area is 246 Å². The summed E-state index contributed by atoms with van der Waals surface area (Å²) in [5.41, 5.74) is 2.93. The number of aliphatic hydroxyl groups is 1. The number of hydrogen-bond donors (Lipinski definition) is 3. The van der Waals surface area contributed by atoms with E-state index < -0.39 is 6.10 Å². The van der Waals surface area contributed by atoms with Crippen LogP contribution in [0, 0.1) is 0 Å². The lowest BCUT2D eigenvalue weighted by atomic mass is 9.99. The van der Waals surface area contributed by atoms with Crippen LogP contribution >= 0.6 is 0 Å². The number of ether oxygens (including phenoxy) is 1. The molecule has 1 aromatic carbocycles. The number of amides is 2. The molecule has 4 heterocycles. The van der Waals surface area contributed by atoms with Gasteiger partial charge in [0.15, 0.2) is 12.2 Å². The molecule has 0 spiro atoms. The standard InChI is InChI=1S/C31H40N6O5/c1-2-3-30(39)37-12-8-25(9-13-37)35-29-15-23(6-10-33-29)31(40)34-16-26(38)19-36-11-7-22-14-27(5-4-24(22)18-36)41-20-28-17-32-21-42-28/h4-6,10,14-15,17,21,25-26,38H,2-3,7-9,11-13,16,18-20H2,1H3,(H,33,35)(H,34,40)/t26-/m0/s1. The highest BCUT2D eigenvalue weighted by molar-refractivity contribution is 5.94. The Morgan fingerprint density at radius 3 is 2.81 bits per heavy atom. The minimum atomic E-state index is -0.694. The number of anilines is 1. The summed E-state index contributed by atoms with van der Waals surface area (Å²) in [7, 11) is 0. The van der Waals surface area contributed by atoms with Crippen LogP contribution in [0.25, 0.3) is 0 Å². The van der Waals surface area contributed by atoms with Crippen LogP contribution < -0.4 is 15.4 Å². The predicted molar refractivity (Wildman–Crippen MR) is 157 cm³/mol. The molecule has 11 nitrogen and oxygen atoms in total. The van der Waals surface area contributed by atoms with Crippen LogP contribution in [-0.4, -0.2) is 81.6 Å². The highest BCUT2D eigenvalue weighted by atomic mass is 16.5. The molecular formula is C31H40N6O5. The molecule has 0 saturated carbocycles.